The van der Waals surface area contributed by atoms with Crippen LogP contribution in [0, 0.1) is 10.1 Å². The highest BCUT2D eigenvalue weighted by Gasteiger charge is 2.56. The van der Waals surface area contributed by atoms with Crippen LogP contribution in [0.1, 0.15) is 5.56 Å². The van der Waals surface area contributed by atoms with Gasteiger partial charge in [0.05, 0.1) is 0 Å². The lowest BCUT2D eigenvalue weighted by atomic mass is 9.91. The summed E-state index contributed by atoms with van der Waals surface area (Å²) in [4.78, 5) is 19.7. The second-order valence-corrected chi connectivity index (χ2v) is 2.98. The summed E-state index contributed by atoms with van der Waals surface area (Å²) in [5.41, 5.74) is -4.13. The fourth-order valence-corrected chi connectivity index (χ4v) is 1.28. The summed E-state index contributed by atoms with van der Waals surface area (Å²) in [7, 11) is 0. The highest BCUT2D eigenvalue weighted by molar-refractivity contribution is 5.77. The SMILES string of the molecule is O=C([O-])C(c1ccccc1)(C(F)F)[N+](=O)[O-]. The molecule has 16 heavy (non-hydrogen) atoms. The number of hydrogen-bond donors (Lipinski definition) is 0. The van der Waals surface area contributed by atoms with Crippen molar-refractivity contribution in [1.29, 1.82) is 0 Å². The van der Waals surface area contributed by atoms with Gasteiger partial charge in [0.25, 0.3) is 0 Å². The third-order valence-corrected chi connectivity index (χ3v) is 2.13. The van der Waals surface area contributed by atoms with E-state index < -0.39 is 28.4 Å². The Labute approximate surface area is 88.5 Å². The molecule has 0 radical (unpaired) electrons. The van der Waals surface area contributed by atoms with E-state index in [1.54, 1.807) is 0 Å². The number of aliphatic carboxylic acids is 1. The number of hydrogen-bond acceptors (Lipinski definition) is 4. The number of carboxylic acid groups (broad SMARTS) is 1. The second kappa shape index (κ2) is 4.21. The van der Waals surface area contributed by atoms with E-state index in [0.717, 1.165) is 12.1 Å². The first-order valence-corrected chi connectivity index (χ1v) is 4.13. The van der Waals surface area contributed by atoms with Gasteiger partial charge in [-0.2, -0.15) is 0 Å². The molecule has 0 aliphatic rings. The summed E-state index contributed by atoms with van der Waals surface area (Å²) < 4.78 is 25.4. The Morgan fingerprint density at radius 2 is 1.81 bits per heavy atom. The van der Waals surface area contributed by atoms with E-state index in [2.05, 4.69) is 0 Å². The molecule has 5 nitrogen and oxygen atoms in total. The van der Waals surface area contributed by atoms with Crippen LogP contribution >= 0.6 is 0 Å². The van der Waals surface area contributed by atoms with Crippen molar-refractivity contribution >= 4 is 5.97 Å². The summed E-state index contributed by atoms with van der Waals surface area (Å²) in [5.74, 6) is -2.43. The maximum absolute atomic E-state index is 12.7. The molecule has 0 aliphatic carbocycles. The van der Waals surface area contributed by atoms with Crippen molar-refractivity contribution in [1.82, 2.24) is 0 Å². The van der Waals surface area contributed by atoms with Crippen molar-refractivity contribution in [3.63, 3.8) is 0 Å². The monoisotopic (exact) mass is 230 g/mol. The molecule has 1 rings (SSSR count). The van der Waals surface area contributed by atoms with E-state index in [1.165, 1.54) is 18.2 Å². The smallest absolute Gasteiger partial charge is 0.345 e. The van der Waals surface area contributed by atoms with Gasteiger partial charge in [0, 0.05) is 10.5 Å². The summed E-state index contributed by atoms with van der Waals surface area (Å²) in [6.45, 7) is 0. The van der Waals surface area contributed by atoms with E-state index in [9.17, 15) is 28.8 Å². The quantitative estimate of drug-likeness (QED) is 0.545. The zero-order valence-electron chi connectivity index (χ0n) is 7.80. The molecule has 0 heterocycles. The summed E-state index contributed by atoms with van der Waals surface area (Å²) in [5, 5.41) is 21.3. The number of carboxylic acids is 1. The van der Waals surface area contributed by atoms with Crippen molar-refractivity contribution < 1.29 is 23.6 Å². The van der Waals surface area contributed by atoms with Gasteiger partial charge in [-0.1, -0.05) is 30.3 Å². The number of halogens is 2. The van der Waals surface area contributed by atoms with Gasteiger partial charge in [0.1, 0.15) is 5.97 Å². The minimum atomic E-state index is -3.70. The molecular weight excluding hydrogens is 224 g/mol. The Morgan fingerprint density at radius 3 is 2.12 bits per heavy atom. The maximum atomic E-state index is 12.7. The topological polar surface area (TPSA) is 83.3 Å². The molecule has 0 fully saturated rings. The van der Waals surface area contributed by atoms with Gasteiger partial charge in [-0.05, 0) is 0 Å². The van der Waals surface area contributed by atoms with Gasteiger partial charge in [-0.25, -0.2) is 8.78 Å². The van der Waals surface area contributed by atoms with Gasteiger partial charge in [-0.15, -0.1) is 0 Å². The molecule has 1 atom stereocenters. The number of nitro groups is 1. The predicted octanol–water partition coefficient (Wildman–Crippen LogP) is 0.174. The first-order valence-electron chi connectivity index (χ1n) is 4.13. The van der Waals surface area contributed by atoms with Crippen LogP contribution in [0.25, 0.3) is 0 Å². The Bertz CT molecular complexity index is 393. The Hall–Kier alpha value is -2.05. The fourth-order valence-electron chi connectivity index (χ4n) is 1.28. The molecule has 0 aromatic heterocycles. The van der Waals surface area contributed by atoms with Gasteiger partial charge in [0.15, 0.2) is 0 Å². The molecule has 0 saturated heterocycles. The number of carbonyl (C=O) groups excluding carboxylic acids is 1. The molecule has 0 spiro atoms. The molecule has 0 bridgehead atoms. The van der Waals surface area contributed by atoms with Crippen molar-refractivity contribution in [2.45, 2.75) is 12.0 Å². The van der Waals surface area contributed by atoms with Crippen molar-refractivity contribution in [3.05, 3.63) is 46.0 Å². The number of alkyl halides is 2. The Kier molecular flexibility index (Phi) is 3.17. The number of nitrogens with zero attached hydrogens (tertiary/aromatic N) is 1. The lowest BCUT2D eigenvalue weighted by Crippen LogP contribution is -2.56. The third-order valence-electron chi connectivity index (χ3n) is 2.13. The normalized spacial score (nSPS) is 14.4. The first-order chi connectivity index (χ1) is 7.44. The highest BCUT2D eigenvalue weighted by atomic mass is 19.3. The van der Waals surface area contributed by atoms with Crippen LogP contribution in [-0.2, 0) is 10.3 Å². The average molecular weight is 230 g/mol. The van der Waals surface area contributed by atoms with E-state index >= 15 is 0 Å². The summed E-state index contributed by atoms with van der Waals surface area (Å²) in [6.07, 6.45) is -3.70. The maximum Gasteiger partial charge on any atom is 0.345 e. The molecule has 7 heteroatoms. The lowest BCUT2D eigenvalue weighted by Gasteiger charge is -2.25. The van der Waals surface area contributed by atoms with E-state index in [0.29, 0.717) is 0 Å². The first kappa shape index (κ1) is 12.0. The largest absolute Gasteiger partial charge is 0.543 e. The predicted molar refractivity (Wildman–Crippen MR) is 46.1 cm³/mol. The van der Waals surface area contributed by atoms with Crippen LogP contribution in [0.3, 0.4) is 0 Å². The molecule has 0 amide bonds. The highest BCUT2D eigenvalue weighted by Crippen LogP contribution is 2.31. The standard InChI is InChI=1S/C9H7F2NO4/c10-7(11)9(8(13)14,12(15)16)6-4-2-1-3-5-6/h1-5,7H,(H,13,14)/p-1. The molecule has 0 N–H and O–H groups in total. The van der Waals surface area contributed by atoms with Crippen LogP contribution < -0.4 is 5.11 Å². The summed E-state index contributed by atoms with van der Waals surface area (Å²) >= 11 is 0. The van der Waals surface area contributed by atoms with Crippen molar-refractivity contribution in [3.8, 4) is 0 Å². The molecule has 0 aliphatic heterocycles. The van der Waals surface area contributed by atoms with Crippen LogP contribution in [0.4, 0.5) is 8.78 Å². The molecular formula is C9H6F2NO4-. The molecule has 86 valence electrons. The molecule has 1 aromatic carbocycles. The number of rotatable bonds is 4. The van der Waals surface area contributed by atoms with Gasteiger partial charge in [0.2, 0.25) is 0 Å². The fraction of sp³-hybridized carbons (Fsp3) is 0.222. The van der Waals surface area contributed by atoms with Crippen molar-refractivity contribution in [2.75, 3.05) is 0 Å². The molecule has 1 aromatic rings. The number of benzene rings is 1. The zero-order chi connectivity index (χ0) is 12.3. The lowest BCUT2D eigenvalue weighted by molar-refractivity contribution is -0.592. The average Bonchev–Trinajstić information content (AvgIpc) is 2.18. The zero-order valence-corrected chi connectivity index (χ0v) is 7.80. The third kappa shape index (κ3) is 1.60. The van der Waals surface area contributed by atoms with Crippen LogP contribution in [-0.4, -0.2) is 17.3 Å². The van der Waals surface area contributed by atoms with Gasteiger partial charge >= 0.3 is 12.0 Å². The second-order valence-electron chi connectivity index (χ2n) is 2.98. The van der Waals surface area contributed by atoms with Crippen molar-refractivity contribution in [2.24, 2.45) is 0 Å². The molecule has 1 unspecified atom stereocenters. The van der Waals surface area contributed by atoms with Gasteiger partial charge in [-0.3, -0.25) is 10.1 Å². The minimum Gasteiger partial charge on any atom is -0.543 e. The number of carbonyl (C=O) groups is 1. The van der Waals surface area contributed by atoms with E-state index in [4.69, 9.17) is 0 Å². The van der Waals surface area contributed by atoms with Crippen LogP contribution in [0.15, 0.2) is 30.3 Å². The van der Waals surface area contributed by atoms with Crippen LogP contribution in [0.5, 0.6) is 0 Å². The minimum absolute atomic E-state index is 0.616. The van der Waals surface area contributed by atoms with E-state index in [1.807, 2.05) is 0 Å². The summed E-state index contributed by atoms with van der Waals surface area (Å²) in [6, 6.07) is 5.79. The molecule has 0 saturated carbocycles. The Balaban J connectivity index is 3.46. The van der Waals surface area contributed by atoms with E-state index in [-0.39, 0.29) is 0 Å². The van der Waals surface area contributed by atoms with Gasteiger partial charge < -0.3 is 9.90 Å². The van der Waals surface area contributed by atoms with Crippen LogP contribution in [0.2, 0.25) is 0 Å². The Morgan fingerprint density at radius 1 is 1.31 bits per heavy atom.